The van der Waals surface area contributed by atoms with Gasteiger partial charge in [-0.3, -0.25) is 0 Å². The van der Waals surface area contributed by atoms with Crippen molar-refractivity contribution in [3.05, 3.63) is 78.4 Å². The van der Waals surface area contributed by atoms with Gasteiger partial charge in [0.2, 0.25) is 0 Å². The van der Waals surface area contributed by atoms with Crippen molar-refractivity contribution in [3.63, 3.8) is 0 Å². The number of rotatable bonds is 0. The second-order valence-corrected chi connectivity index (χ2v) is 8.70. The van der Waals surface area contributed by atoms with Crippen molar-refractivity contribution in [2.75, 3.05) is 0 Å². The van der Waals surface area contributed by atoms with Crippen LogP contribution in [-0.4, -0.2) is 4.40 Å². The number of nitrogens with zero attached hydrogens (tertiary/aromatic N) is 1. The fraction of sp³-hybridized carbons (Fsp3) is 0.154. The summed E-state index contributed by atoms with van der Waals surface area (Å²) in [5.74, 6) is 0. The van der Waals surface area contributed by atoms with E-state index in [1.807, 2.05) is 0 Å². The minimum atomic E-state index is 0.137. The maximum absolute atomic E-state index is 2.47. The summed E-state index contributed by atoms with van der Waals surface area (Å²) >= 11 is 0. The van der Waals surface area contributed by atoms with Gasteiger partial charge in [-0.05, 0) is 46.0 Å². The predicted molar refractivity (Wildman–Crippen MR) is 117 cm³/mol. The van der Waals surface area contributed by atoms with E-state index < -0.39 is 0 Å². The standard InChI is InChI=1S/C26H21N/c1-26(2,3)17-12-13-23-21(15-17)24-18-9-5-4-8-16(18)14-20-19-10-6-7-11-22(19)27(23)25(20)24/h4-15H,1-3H3. The van der Waals surface area contributed by atoms with Crippen LogP contribution in [0.2, 0.25) is 0 Å². The van der Waals surface area contributed by atoms with Crippen molar-refractivity contribution in [1.82, 2.24) is 4.40 Å². The lowest BCUT2D eigenvalue weighted by atomic mass is 9.86. The summed E-state index contributed by atoms with van der Waals surface area (Å²) in [4.78, 5) is 0. The predicted octanol–water partition coefficient (Wildman–Crippen LogP) is 7.29. The molecule has 2 heterocycles. The Morgan fingerprint density at radius 2 is 1.33 bits per heavy atom. The van der Waals surface area contributed by atoms with E-state index in [0.29, 0.717) is 0 Å². The number of aromatic nitrogens is 1. The Balaban J connectivity index is 1.99. The Hall–Kier alpha value is -3.06. The molecule has 2 aromatic heterocycles. The lowest BCUT2D eigenvalue weighted by Gasteiger charge is -2.19. The third-order valence-electron chi connectivity index (χ3n) is 6.05. The third kappa shape index (κ3) is 1.84. The first-order chi connectivity index (χ1) is 13.0. The van der Waals surface area contributed by atoms with Crippen LogP contribution in [0.3, 0.4) is 0 Å². The molecule has 0 unspecified atom stereocenters. The third-order valence-corrected chi connectivity index (χ3v) is 6.05. The van der Waals surface area contributed by atoms with Gasteiger partial charge in [0, 0.05) is 21.5 Å². The highest BCUT2D eigenvalue weighted by Crippen LogP contribution is 2.43. The van der Waals surface area contributed by atoms with Crippen LogP contribution in [0.25, 0.3) is 48.9 Å². The van der Waals surface area contributed by atoms with E-state index in [1.165, 1.54) is 54.4 Å². The van der Waals surface area contributed by atoms with Crippen molar-refractivity contribution in [3.8, 4) is 0 Å². The summed E-state index contributed by atoms with van der Waals surface area (Å²) < 4.78 is 2.47. The molecule has 0 spiro atoms. The lowest BCUT2D eigenvalue weighted by Crippen LogP contribution is -2.10. The van der Waals surface area contributed by atoms with Crippen LogP contribution in [0.1, 0.15) is 26.3 Å². The summed E-state index contributed by atoms with van der Waals surface area (Å²) in [6.45, 7) is 6.87. The molecule has 0 atom stereocenters. The van der Waals surface area contributed by atoms with E-state index in [0.717, 1.165) is 0 Å². The van der Waals surface area contributed by atoms with Crippen LogP contribution in [-0.2, 0) is 5.41 Å². The highest BCUT2D eigenvalue weighted by atomic mass is 14.9. The lowest BCUT2D eigenvalue weighted by molar-refractivity contribution is 0.591. The largest absolute Gasteiger partial charge is 0.308 e. The van der Waals surface area contributed by atoms with E-state index in [1.54, 1.807) is 0 Å². The van der Waals surface area contributed by atoms with Gasteiger partial charge in [-0.2, -0.15) is 0 Å². The molecule has 0 radical (unpaired) electrons. The van der Waals surface area contributed by atoms with Crippen LogP contribution in [0.5, 0.6) is 0 Å². The second-order valence-electron chi connectivity index (χ2n) is 8.70. The van der Waals surface area contributed by atoms with Crippen LogP contribution >= 0.6 is 0 Å². The molecule has 1 heteroatoms. The summed E-state index contributed by atoms with van der Waals surface area (Å²) in [6.07, 6.45) is 0. The van der Waals surface area contributed by atoms with Crippen LogP contribution < -0.4 is 0 Å². The second kappa shape index (κ2) is 4.80. The van der Waals surface area contributed by atoms with Gasteiger partial charge in [0.05, 0.1) is 16.6 Å². The molecule has 0 N–H and O–H groups in total. The highest BCUT2D eigenvalue weighted by molar-refractivity contribution is 6.31. The van der Waals surface area contributed by atoms with Crippen molar-refractivity contribution >= 4 is 48.9 Å². The Bertz CT molecular complexity index is 1490. The van der Waals surface area contributed by atoms with Gasteiger partial charge < -0.3 is 4.40 Å². The summed E-state index contributed by atoms with van der Waals surface area (Å²) in [5.41, 5.74) is 5.48. The van der Waals surface area contributed by atoms with Crippen molar-refractivity contribution in [2.24, 2.45) is 0 Å². The van der Waals surface area contributed by atoms with Gasteiger partial charge in [0.25, 0.3) is 0 Å². The maximum atomic E-state index is 2.47. The van der Waals surface area contributed by atoms with Gasteiger partial charge in [-0.15, -0.1) is 0 Å². The number of fused-ring (bicyclic) bond motifs is 8. The molecule has 0 bridgehead atoms. The molecular weight excluding hydrogens is 326 g/mol. The fourth-order valence-corrected chi connectivity index (χ4v) is 4.71. The highest BCUT2D eigenvalue weighted by Gasteiger charge is 2.21. The fourth-order valence-electron chi connectivity index (χ4n) is 4.71. The first-order valence-corrected chi connectivity index (χ1v) is 9.64. The maximum Gasteiger partial charge on any atom is 0.0626 e. The zero-order chi connectivity index (χ0) is 18.3. The first-order valence-electron chi connectivity index (χ1n) is 9.64. The average Bonchev–Trinajstić information content (AvgIpc) is 3.17. The molecule has 0 fully saturated rings. The summed E-state index contributed by atoms with van der Waals surface area (Å²) in [6, 6.07) is 27.0. The molecular formula is C26H21N. The molecule has 6 rings (SSSR count). The summed E-state index contributed by atoms with van der Waals surface area (Å²) in [5, 5.41) is 8.11. The molecule has 27 heavy (non-hydrogen) atoms. The smallest absolute Gasteiger partial charge is 0.0626 e. The van der Waals surface area contributed by atoms with Crippen molar-refractivity contribution in [2.45, 2.75) is 26.2 Å². The van der Waals surface area contributed by atoms with E-state index >= 15 is 0 Å². The zero-order valence-corrected chi connectivity index (χ0v) is 15.9. The molecule has 0 saturated heterocycles. The molecule has 0 aliphatic rings. The van der Waals surface area contributed by atoms with Crippen molar-refractivity contribution in [1.29, 1.82) is 0 Å². The van der Waals surface area contributed by atoms with E-state index in [2.05, 4.69) is 98.0 Å². The number of hydrogen-bond donors (Lipinski definition) is 0. The molecule has 0 saturated carbocycles. The minimum absolute atomic E-state index is 0.137. The molecule has 4 aromatic carbocycles. The van der Waals surface area contributed by atoms with E-state index in [9.17, 15) is 0 Å². The monoisotopic (exact) mass is 347 g/mol. The molecule has 1 nitrogen and oxygen atoms in total. The minimum Gasteiger partial charge on any atom is -0.308 e. The van der Waals surface area contributed by atoms with Gasteiger partial charge in [0.15, 0.2) is 0 Å². The Morgan fingerprint density at radius 3 is 2.15 bits per heavy atom. The van der Waals surface area contributed by atoms with Crippen molar-refractivity contribution < 1.29 is 0 Å². The topological polar surface area (TPSA) is 4.41 Å². The first kappa shape index (κ1) is 15.0. The van der Waals surface area contributed by atoms with Crippen LogP contribution in [0.4, 0.5) is 0 Å². The Kier molecular flexibility index (Phi) is 2.68. The Morgan fingerprint density at radius 1 is 0.630 bits per heavy atom. The molecule has 0 aliphatic carbocycles. The number of para-hydroxylation sites is 1. The molecule has 0 aliphatic heterocycles. The van der Waals surface area contributed by atoms with Gasteiger partial charge in [-0.1, -0.05) is 69.3 Å². The van der Waals surface area contributed by atoms with Crippen LogP contribution in [0, 0.1) is 0 Å². The number of hydrogen-bond acceptors (Lipinski definition) is 0. The zero-order valence-electron chi connectivity index (χ0n) is 15.9. The Labute approximate surface area is 158 Å². The van der Waals surface area contributed by atoms with Crippen LogP contribution in [0.15, 0.2) is 72.8 Å². The molecule has 130 valence electrons. The summed E-state index contributed by atoms with van der Waals surface area (Å²) in [7, 11) is 0. The number of benzene rings is 4. The SMILES string of the molecule is CC(C)(C)c1ccc2c(c1)c1c3ccccc3cc3c4ccccc4n2c31. The van der Waals surface area contributed by atoms with E-state index in [-0.39, 0.29) is 5.41 Å². The van der Waals surface area contributed by atoms with Gasteiger partial charge >= 0.3 is 0 Å². The average molecular weight is 347 g/mol. The molecule has 6 aromatic rings. The van der Waals surface area contributed by atoms with Gasteiger partial charge in [-0.25, -0.2) is 0 Å². The normalized spacial score (nSPS) is 13.0. The van der Waals surface area contributed by atoms with E-state index in [4.69, 9.17) is 0 Å². The van der Waals surface area contributed by atoms with Gasteiger partial charge in [0.1, 0.15) is 0 Å². The molecule has 0 amide bonds. The quantitative estimate of drug-likeness (QED) is 0.272.